The van der Waals surface area contributed by atoms with Crippen LogP contribution in [0.3, 0.4) is 0 Å². The third-order valence-electron chi connectivity index (χ3n) is 7.22. The lowest BCUT2D eigenvalue weighted by molar-refractivity contribution is -0.274. The number of fused-ring (bicyclic) bond motifs is 1. The highest BCUT2D eigenvalue weighted by atomic mass is 32.1. The van der Waals surface area contributed by atoms with Gasteiger partial charge in [0.05, 0.1) is 11.7 Å². The second-order valence-corrected chi connectivity index (χ2v) is 10.2. The molecule has 0 spiro atoms. The summed E-state index contributed by atoms with van der Waals surface area (Å²) in [6, 6.07) is 5.81. The Morgan fingerprint density at radius 3 is 2.69 bits per heavy atom. The van der Waals surface area contributed by atoms with Crippen LogP contribution in [0.1, 0.15) is 34.2 Å². The molecule has 1 aliphatic heterocycles. The van der Waals surface area contributed by atoms with Crippen LogP contribution in [-0.2, 0) is 19.6 Å². The number of likely N-dealkylation sites (tertiary alicyclic amines) is 1. The summed E-state index contributed by atoms with van der Waals surface area (Å²) in [4.78, 5) is 21.5. The van der Waals surface area contributed by atoms with Crippen LogP contribution in [0.4, 0.5) is 13.2 Å². The molecule has 1 amide bonds. The normalized spacial score (nSPS) is 21.4. The van der Waals surface area contributed by atoms with Crippen molar-refractivity contribution in [2.24, 2.45) is 17.8 Å². The number of ether oxygens (including phenoxy) is 1. The van der Waals surface area contributed by atoms with Gasteiger partial charge in [-0.1, -0.05) is 12.1 Å². The average molecular weight is 520 g/mol. The molecular weight excluding hydrogens is 491 g/mol. The van der Waals surface area contributed by atoms with E-state index in [1.807, 2.05) is 10.9 Å². The Bertz CT molecular complexity index is 1200. The van der Waals surface area contributed by atoms with Crippen molar-refractivity contribution in [2.45, 2.75) is 39.8 Å². The molecule has 5 rings (SSSR count). The number of benzene rings is 1. The zero-order valence-corrected chi connectivity index (χ0v) is 20.9. The molecule has 0 bridgehead atoms. The van der Waals surface area contributed by atoms with Crippen LogP contribution in [0.15, 0.2) is 41.4 Å². The van der Waals surface area contributed by atoms with E-state index in [9.17, 15) is 18.0 Å². The Balaban J connectivity index is 1.24. The van der Waals surface area contributed by atoms with Crippen LogP contribution in [0.25, 0.3) is 0 Å². The molecule has 3 heterocycles. The van der Waals surface area contributed by atoms with E-state index < -0.39 is 6.36 Å². The molecule has 1 saturated carbocycles. The molecule has 36 heavy (non-hydrogen) atoms. The first-order chi connectivity index (χ1) is 17.2. The summed E-state index contributed by atoms with van der Waals surface area (Å²) in [5, 5.41) is 6.14. The second-order valence-electron chi connectivity index (χ2n) is 9.51. The van der Waals surface area contributed by atoms with Crippen LogP contribution < -0.4 is 4.74 Å². The van der Waals surface area contributed by atoms with Gasteiger partial charge in [0.25, 0.3) is 5.91 Å². The predicted molar refractivity (Wildman–Crippen MR) is 128 cm³/mol. The van der Waals surface area contributed by atoms with Crippen molar-refractivity contribution in [3.05, 3.63) is 63.9 Å². The Labute approximate surface area is 211 Å². The lowest BCUT2D eigenvalue weighted by Gasteiger charge is -2.25. The van der Waals surface area contributed by atoms with Crippen LogP contribution in [0, 0.1) is 24.7 Å². The maximum atomic E-state index is 13.2. The first kappa shape index (κ1) is 24.8. The van der Waals surface area contributed by atoms with Crippen molar-refractivity contribution in [2.75, 3.05) is 19.6 Å². The molecule has 11 heteroatoms. The fourth-order valence-electron chi connectivity index (χ4n) is 5.35. The number of carbonyl (C=O) groups is 1. The number of nitrogens with zero attached hydrogens (tertiary/aromatic N) is 5. The van der Waals surface area contributed by atoms with Gasteiger partial charge in [0.15, 0.2) is 0 Å². The first-order valence-corrected chi connectivity index (χ1v) is 12.9. The molecule has 2 aromatic heterocycles. The maximum absolute atomic E-state index is 13.2. The van der Waals surface area contributed by atoms with Gasteiger partial charge in [-0.3, -0.25) is 14.4 Å². The number of piperidine rings is 1. The summed E-state index contributed by atoms with van der Waals surface area (Å²) in [5.74, 6) is 0.900. The van der Waals surface area contributed by atoms with Crippen molar-refractivity contribution in [1.29, 1.82) is 0 Å². The summed E-state index contributed by atoms with van der Waals surface area (Å²) in [5.41, 5.74) is 4.99. The quantitative estimate of drug-likeness (QED) is 0.414. The van der Waals surface area contributed by atoms with Gasteiger partial charge in [-0.15, -0.1) is 24.5 Å². The number of halogens is 3. The molecule has 2 fully saturated rings. The van der Waals surface area contributed by atoms with Crippen LogP contribution in [-0.4, -0.2) is 56.5 Å². The molecule has 1 aliphatic carbocycles. The highest BCUT2D eigenvalue weighted by Gasteiger charge is 2.56. The van der Waals surface area contributed by atoms with E-state index in [2.05, 4.69) is 33.6 Å². The van der Waals surface area contributed by atoms with E-state index in [0.717, 1.165) is 26.2 Å². The molecule has 1 saturated heterocycles. The van der Waals surface area contributed by atoms with Crippen molar-refractivity contribution in [3.8, 4) is 5.75 Å². The number of hydrogen-bond donors (Lipinski definition) is 0. The number of aromatic nitrogens is 3. The number of aryl methyl sites for hydroxylation is 1. The minimum Gasteiger partial charge on any atom is -0.406 e. The van der Waals surface area contributed by atoms with E-state index in [4.69, 9.17) is 0 Å². The highest BCUT2D eigenvalue weighted by molar-refractivity contribution is 7.07. The number of amides is 1. The van der Waals surface area contributed by atoms with Gasteiger partial charge in [0, 0.05) is 55.9 Å². The van der Waals surface area contributed by atoms with E-state index >= 15 is 0 Å². The summed E-state index contributed by atoms with van der Waals surface area (Å²) < 4.78 is 44.1. The number of alkyl halides is 3. The monoisotopic (exact) mass is 519 g/mol. The average Bonchev–Trinajstić information content (AvgIpc) is 3.30. The minimum atomic E-state index is -4.76. The summed E-state index contributed by atoms with van der Waals surface area (Å²) >= 11 is 1.34. The SMILES string of the molecule is CCn1ncc(CN2CC3C(C2)C3CN(Cc2cccc(OC(F)(F)F)c2)C(=O)c2cscn2)c1C. The van der Waals surface area contributed by atoms with Crippen molar-refractivity contribution in [1.82, 2.24) is 24.6 Å². The Hall–Kier alpha value is -2.92. The standard InChI is InChI=1S/C25H28F3N5O2S/c1-3-33-16(2)18(8-30-33)10-31-11-20-21(12-31)22(20)13-32(24(34)23-14-36-15-29-23)9-17-5-4-6-19(7-17)35-25(26,27)28/h4-8,14-15,20-22H,3,9-13H2,1-2H3. The second kappa shape index (κ2) is 9.85. The summed E-state index contributed by atoms with van der Waals surface area (Å²) in [6.07, 6.45) is -2.81. The third-order valence-corrected chi connectivity index (χ3v) is 7.81. The van der Waals surface area contributed by atoms with E-state index in [-0.39, 0.29) is 18.2 Å². The van der Waals surface area contributed by atoms with Gasteiger partial charge in [0.1, 0.15) is 11.4 Å². The number of carbonyl (C=O) groups excluding carboxylic acids is 1. The predicted octanol–water partition coefficient (Wildman–Crippen LogP) is 4.59. The van der Waals surface area contributed by atoms with Gasteiger partial charge in [-0.05, 0) is 49.3 Å². The number of hydrogen-bond acceptors (Lipinski definition) is 6. The van der Waals surface area contributed by atoms with E-state index in [1.54, 1.807) is 21.9 Å². The fraction of sp³-hybridized carbons (Fsp3) is 0.480. The van der Waals surface area contributed by atoms with Gasteiger partial charge in [0.2, 0.25) is 0 Å². The largest absolute Gasteiger partial charge is 0.573 e. The van der Waals surface area contributed by atoms with Crippen LogP contribution in [0.2, 0.25) is 0 Å². The number of rotatable bonds is 9. The van der Waals surface area contributed by atoms with Gasteiger partial charge < -0.3 is 9.64 Å². The molecule has 0 radical (unpaired) electrons. The zero-order chi connectivity index (χ0) is 25.4. The lowest BCUT2D eigenvalue weighted by Crippen LogP contribution is -2.35. The fourth-order valence-corrected chi connectivity index (χ4v) is 5.88. The smallest absolute Gasteiger partial charge is 0.406 e. The third kappa shape index (κ3) is 5.41. The van der Waals surface area contributed by atoms with Crippen molar-refractivity contribution < 1.29 is 22.7 Å². The van der Waals surface area contributed by atoms with Crippen LogP contribution >= 0.6 is 11.3 Å². The minimum absolute atomic E-state index is 0.195. The van der Waals surface area contributed by atoms with E-state index in [1.165, 1.54) is 40.8 Å². The molecule has 7 nitrogen and oxygen atoms in total. The first-order valence-electron chi connectivity index (χ1n) is 12.0. The highest BCUT2D eigenvalue weighted by Crippen LogP contribution is 2.52. The molecule has 1 aromatic carbocycles. The van der Waals surface area contributed by atoms with Crippen molar-refractivity contribution >= 4 is 17.2 Å². The lowest BCUT2D eigenvalue weighted by atomic mass is 10.1. The molecule has 3 aromatic rings. The zero-order valence-electron chi connectivity index (χ0n) is 20.1. The van der Waals surface area contributed by atoms with Crippen LogP contribution in [0.5, 0.6) is 5.75 Å². The molecule has 2 unspecified atom stereocenters. The molecule has 0 N–H and O–H groups in total. The molecular formula is C25H28F3N5O2S. The van der Waals surface area contributed by atoms with Gasteiger partial charge in [-0.2, -0.15) is 5.10 Å². The van der Waals surface area contributed by atoms with Gasteiger partial charge in [-0.25, -0.2) is 4.98 Å². The summed E-state index contributed by atoms with van der Waals surface area (Å²) in [6.45, 7) is 8.60. The maximum Gasteiger partial charge on any atom is 0.573 e. The Morgan fingerprint density at radius 2 is 2.06 bits per heavy atom. The number of thiazole rings is 1. The summed E-state index contributed by atoms with van der Waals surface area (Å²) in [7, 11) is 0. The topological polar surface area (TPSA) is 63.5 Å². The molecule has 2 atom stereocenters. The Morgan fingerprint density at radius 1 is 1.28 bits per heavy atom. The van der Waals surface area contributed by atoms with Gasteiger partial charge >= 0.3 is 6.36 Å². The molecule has 2 aliphatic rings. The Kier molecular flexibility index (Phi) is 6.78. The van der Waals surface area contributed by atoms with E-state index in [0.29, 0.717) is 35.6 Å². The molecule has 192 valence electrons. The van der Waals surface area contributed by atoms with Crippen molar-refractivity contribution in [3.63, 3.8) is 0 Å².